The van der Waals surface area contributed by atoms with E-state index in [9.17, 15) is 14.7 Å². The predicted molar refractivity (Wildman–Crippen MR) is 143 cm³/mol. The van der Waals surface area contributed by atoms with Crippen molar-refractivity contribution in [2.75, 3.05) is 18.6 Å². The molecule has 1 atom stereocenters. The van der Waals surface area contributed by atoms with Gasteiger partial charge in [-0.3, -0.25) is 14.5 Å². The minimum atomic E-state index is -0.878. The summed E-state index contributed by atoms with van der Waals surface area (Å²) >= 11 is 15.2. The number of thiophene rings is 1. The summed E-state index contributed by atoms with van der Waals surface area (Å²) in [6, 6.07) is 11.1. The molecule has 1 amide bonds. The molecule has 0 radical (unpaired) electrons. The number of aliphatic hydroxyl groups is 1. The van der Waals surface area contributed by atoms with Crippen molar-refractivity contribution in [2.24, 2.45) is 0 Å². The zero-order valence-corrected chi connectivity index (χ0v) is 22.1. The Morgan fingerprint density at radius 3 is 2.56 bits per heavy atom. The summed E-state index contributed by atoms with van der Waals surface area (Å²) < 4.78 is 11.6. The van der Waals surface area contributed by atoms with Crippen LogP contribution in [0.1, 0.15) is 23.4 Å². The summed E-state index contributed by atoms with van der Waals surface area (Å²) in [5, 5.41) is 13.8. The molecule has 0 aliphatic carbocycles. The highest BCUT2D eigenvalue weighted by atomic mass is 35.5. The lowest BCUT2D eigenvalue weighted by Crippen LogP contribution is -2.28. The van der Waals surface area contributed by atoms with Gasteiger partial charge in [-0.15, -0.1) is 11.3 Å². The fourth-order valence-electron chi connectivity index (χ4n) is 4.05. The number of amides is 1. The van der Waals surface area contributed by atoms with Gasteiger partial charge in [0.05, 0.1) is 39.6 Å². The average Bonchev–Trinajstić information content (AvgIpc) is 3.57. The molecule has 7 nitrogen and oxygen atoms in total. The maximum absolute atomic E-state index is 13.3. The zero-order chi connectivity index (χ0) is 25.6. The largest absolute Gasteiger partial charge is 0.507 e. The Labute approximate surface area is 224 Å². The molecule has 1 fully saturated rings. The highest BCUT2D eigenvalue weighted by Gasteiger charge is 2.48. The van der Waals surface area contributed by atoms with E-state index >= 15 is 0 Å². The number of fused-ring (bicyclic) bond motifs is 1. The first-order valence-electron chi connectivity index (χ1n) is 10.7. The SMILES string of the molecule is CCOc1ccc2nc(N3C(=O)C(=O)/C(=C(/O)c4cc(Cl)c(OC)c(Cl)c4)C3c3cccs3)sc2c1. The van der Waals surface area contributed by atoms with Gasteiger partial charge in [-0.25, -0.2) is 4.98 Å². The van der Waals surface area contributed by atoms with Crippen molar-refractivity contribution < 1.29 is 24.2 Å². The lowest BCUT2D eigenvalue weighted by atomic mass is 10.00. The number of carbonyl (C=O) groups excluding carboxylic acids is 2. The van der Waals surface area contributed by atoms with Crippen LogP contribution in [-0.2, 0) is 9.59 Å². The van der Waals surface area contributed by atoms with Gasteiger partial charge in [0.1, 0.15) is 17.6 Å². The van der Waals surface area contributed by atoms with E-state index < -0.39 is 17.7 Å². The van der Waals surface area contributed by atoms with E-state index in [1.807, 2.05) is 24.4 Å². The molecule has 2 aromatic heterocycles. The van der Waals surface area contributed by atoms with Gasteiger partial charge in [0, 0.05) is 10.4 Å². The molecule has 0 bridgehead atoms. The number of anilines is 1. The first-order valence-corrected chi connectivity index (χ1v) is 13.2. The quantitative estimate of drug-likeness (QED) is 0.160. The van der Waals surface area contributed by atoms with E-state index in [1.165, 1.54) is 46.8 Å². The molecule has 11 heteroatoms. The number of benzene rings is 2. The van der Waals surface area contributed by atoms with Crippen molar-refractivity contribution in [3.8, 4) is 11.5 Å². The number of nitrogens with zero attached hydrogens (tertiary/aromatic N) is 2. The van der Waals surface area contributed by atoms with Crippen LogP contribution in [-0.4, -0.2) is 35.5 Å². The van der Waals surface area contributed by atoms with Gasteiger partial charge in [-0.05, 0) is 48.7 Å². The number of methoxy groups -OCH3 is 1. The molecule has 36 heavy (non-hydrogen) atoms. The van der Waals surface area contributed by atoms with Gasteiger partial charge in [0.15, 0.2) is 10.9 Å². The molecule has 1 aliphatic heterocycles. The lowest BCUT2D eigenvalue weighted by molar-refractivity contribution is -0.132. The molecule has 1 unspecified atom stereocenters. The lowest BCUT2D eigenvalue weighted by Gasteiger charge is -2.21. The Hall–Kier alpha value is -3.11. The summed E-state index contributed by atoms with van der Waals surface area (Å²) in [7, 11) is 1.42. The number of aliphatic hydroxyl groups excluding tert-OH is 1. The van der Waals surface area contributed by atoms with Crippen LogP contribution in [0.15, 0.2) is 53.4 Å². The molecule has 1 N–H and O–H groups in total. The van der Waals surface area contributed by atoms with Crippen molar-refractivity contribution in [2.45, 2.75) is 13.0 Å². The molecule has 5 rings (SSSR count). The summed E-state index contributed by atoms with van der Waals surface area (Å²) in [4.78, 5) is 33.3. The van der Waals surface area contributed by atoms with Gasteiger partial charge in [-0.2, -0.15) is 0 Å². The standard InChI is InChI=1S/C25H18Cl2N2O5S2/c1-3-34-13-6-7-16-18(11-13)36-25(28-16)29-20(17-5-4-8-35-17)19(22(31)24(29)32)21(30)12-9-14(26)23(33-2)15(27)10-12/h4-11,20,30H,3H2,1-2H3/b21-19+. The molecule has 184 valence electrons. The first kappa shape index (κ1) is 24.6. The van der Waals surface area contributed by atoms with Gasteiger partial charge in [-0.1, -0.05) is 40.6 Å². The molecular formula is C25H18Cl2N2O5S2. The topological polar surface area (TPSA) is 89.0 Å². The molecule has 0 spiro atoms. The van der Waals surface area contributed by atoms with E-state index in [1.54, 1.807) is 18.2 Å². The van der Waals surface area contributed by atoms with Crippen LogP contribution in [0.3, 0.4) is 0 Å². The highest BCUT2D eigenvalue weighted by Crippen LogP contribution is 2.46. The molecule has 1 saturated heterocycles. The van der Waals surface area contributed by atoms with Crippen molar-refractivity contribution in [1.82, 2.24) is 4.98 Å². The monoisotopic (exact) mass is 560 g/mol. The van der Waals surface area contributed by atoms with Crippen molar-refractivity contribution >= 4 is 78.7 Å². The van der Waals surface area contributed by atoms with Gasteiger partial charge >= 0.3 is 5.91 Å². The Balaban J connectivity index is 1.67. The second-order valence-electron chi connectivity index (χ2n) is 7.72. The summed E-state index contributed by atoms with van der Waals surface area (Å²) in [6.45, 7) is 2.41. The van der Waals surface area contributed by atoms with Crippen molar-refractivity contribution in [3.63, 3.8) is 0 Å². The summed E-state index contributed by atoms with van der Waals surface area (Å²) in [5.41, 5.74) is 0.782. The Kier molecular flexibility index (Phi) is 6.65. The minimum Gasteiger partial charge on any atom is -0.507 e. The Bertz CT molecular complexity index is 1510. The van der Waals surface area contributed by atoms with E-state index in [0.29, 0.717) is 27.9 Å². The average molecular weight is 561 g/mol. The van der Waals surface area contributed by atoms with Crippen LogP contribution in [0, 0.1) is 0 Å². The Morgan fingerprint density at radius 1 is 1.17 bits per heavy atom. The summed E-state index contributed by atoms with van der Waals surface area (Å²) in [5.74, 6) is -1.08. The molecule has 3 heterocycles. The number of hydrogen-bond acceptors (Lipinski definition) is 8. The van der Waals surface area contributed by atoms with E-state index in [4.69, 9.17) is 32.7 Å². The van der Waals surface area contributed by atoms with Gasteiger partial charge in [0.2, 0.25) is 0 Å². The number of thiazole rings is 1. The van der Waals surface area contributed by atoms with Crippen LogP contribution in [0.4, 0.5) is 5.13 Å². The number of carbonyl (C=O) groups is 2. The van der Waals surface area contributed by atoms with Gasteiger partial charge < -0.3 is 14.6 Å². The van der Waals surface area contributed by atoms with E-state index in [0.717, 1.165) is 4.70 Å². The molecule has 1 aliphatic rings. The van der Waals surface area contributed by atoms with Crippen LogP contribution in [0.25, 0.3) is 16.0 Å². The smallest absolute Gasteiger partial charge is 0.301 e. The maximum atomic E-state index is 13.3. The Morgan fingerprint density at radius 2 is 1.92 bits per heavy atom. The first-order chi connectivity index (χ1) is 17.3. The number of ketones is 1. The number of Topliss-reactive ketones (excluding diaryl/α,β-unsaturated/α-hetero) is 1. The van der Waals surface area contributed by atoms with Crippen LogP contribution in [0.5, 0.6) is 11.5 Å². The van der Waals surface area contributed by atoms with Crippen molar-refractivity contribution in [1.29, 1.82) is 0 Å². The fourth-order valence-corrected chi connectivity index (χ4v) is 6.53. The van der Waals surface area contributed by atoms with E-state index in [-0.39, 0.29) is 32.7 Å². The molecular weight excluding hydrogens is 543 g/mol. The minimum absolute atomic E-state index is 0.0750. The van der Waals surface area contributed by atoms with Gasteiger partial charge in [0.25, 0.3) is 5.78 Å². The van der Waals surface area contributed by atoms with E-state index in [2.05, 4.69) is 4.98 Å². The number of hydrogen-bond donors (Lipinski definition) is 1. The fraction of sp³-hybridized carbons (Fsp3) is 0.160. The van der Waals surface area contributed by atoms with Crippen LogP contribution < -0.4 is 14.4 Å². The maximum Gasteiger partial charge on any atom is 0.301 e. The van der Waals surface area contributed by atoms with Crippen LogP contribution in [0.2, 0.25) is 10.0 Å². The third kappa shape index (κ3) is 4.12. The number of rotatable bonds is 6. The summed E-state index contributed by atoms with van der Waals surface area (Å²) in [6.07, 6.45) is 0. The third-order valence-corrected chi connectivity index (χ3v) is 8.10. The highest BCUT2D eigenvalue weighted by molar-refractivity contribution is 7.22. The van der Waals surface area contributed by atoms with Crippen LogP contribution >= 0.6 is 45.9 Å². The second kappa shape index (κ2) is 9.74. The second-order valence-corrected chi connectivity index (χ2v) is 10.5. The molecule has 0 saturated carbocycles. The van der Waals surface area contributed by atoms with Crippen molar-refractivity contribution in [3.05, 3.63) is 73.9 Å². The predicted octanol–water partition coefficient (Wildman–Crippen LogP) is 6.70. The third-order valence-electron chi connectivity index (χ3n) is 5.60. The number of halogens is 2. The zero-order valence-electron chi connectivity index (χ0n) is 19.0. The number of ether oxygens (including phenoxy) is 2. The number of aromatic nitrogens is 1. The molecule has 2 aromatic carbocycles. The normalized spacial score (nSPS) is 17.2. The molecule has 4 aromatic rings.